The minimum Gasteiger partial charge on any atom is -0.508 e. The number of aromatic hydroxyl groups is 1. The third kappa shape index (κ3) is 3.19. The number of nitrogens with zero attached hydrogens (tertiary/aromatic N) is 4. The number of hydrogen-bond acceptors (Lipinski definition) is 9. The van der Waals surface area contributed by atoms with Crippen LogP contribution < -0.4 is 0 Å². The first-order chi connectivity index (χ1) is 14.9. The molecule has 0 radical (unpaired) electrons. The zero-order valence-corrected chi connectivity index (χ0v) is 15.4. The molecule has 0 atom stereocenters. The number of non-ortho nitro benzene ring substituents is 2. The van der Waals surface area contributed by atoms with Crippen LogP contribution in [0.4, 0.5) is 11.4 Å². The first kappa shape index (κ1) is 18.2. The number of nitro benzene ring substituents is 2. The summed E-state index contributed by atoms with van der Waals surface area (Å²) < 4.78 is 11.3. The number of fused-ring (bicyclic) bond motifs is 2. The third-order valence-electron chi connectivity index (χ3n) is 4.58. The van der Waals surface area contributed by atoms with Gasteiger partial charge in [-0.2, -0.15) is 0 Å². The fourth-order valence-electron chi connectivity index (χ4n) is 3.16. The molecule has 31 heavy (non-hydrogen) atoms. The number of nitro groups is 2. The molecule has 0 spiro atoms. The van der Waals surface area contributed by atoms with Crippen LogP contribution in [0.3, 0.4) is 0 Å². The molecule has 0 saturated carbocycles. The minimum atomic E-state index is -0.530. The van der Waals surface area contributed by atoms with Gasteiger partial charge in [-0.1, -0.05) is 0 Å². The second kappa shape index (κ2) is 6.62. The summed E-state index contributed by atoms with van der Waals surface area (Å²) in [6.45, 7) is 0. The highest BCUT2D eigenvalue weighted by atomic mass is 16.6. The topological polar surface area (TPSA) is 159 Å². The molecular formula is C20H10N4O7. The number of rotatable bonds is 4. The second-order valence-electron chi connectivity index (χ2n) is 6.62. The van der Waals surface area contributed by atoms with Gasteiger partial charge in [0.05, 0.1) is 9.85 Å². The van der Waals surface area contributed by atoms with Crippen molar-refractivity contribution in [1.29, 1.82) is 0 Å². The quantitative estimate of drug-likeness (QED) is 0.319. The molecule has 0 bridgehead atoms. The molecule has 1 N–H and O–H groups in total. The Morgan fingerprint density at radius 3 is 1.58 bits per heavy atom. The molecule has 2 aromatic heterocycles. The molecule has 11 nitrogen and oxygen atoms in total. The lowest BCUT2D eigenvalue weighted by atomic mass is 10.1. The SMILES string of the molecule is O=[N+]([O-])c1ccc2oc(-c3cc(O)cc(-c4nc5cc([N+](=O)[O-])ccc5o4)c3)nc2c1. The van der Waals surface area contributed by atoms with Gasteiger partial charge in [0.25, 0.3) is 11.4 Å². The summed E-state index contributed by atoms with van der Waals surface area (Å²) in [7, 11) is 0. The van der Waals surface area contributed by atoms with Gasteiger partial charge in [0, 0.05) is 35.4 Å². The predicted molar refractivity (Wildman–Crippen MR) is 107 cm³/mol. The van der Waals surface area contributed by atoms with Crippen LogP contribution in [-0.4, -0.2) is 24.9 Å². The van der Waals surface area contributed by atoms with E-state index in [4.69, 9.17) is 8.83 Å². The number of phenols is 1. The maximum atomic E-state index is 11.0. The van der Waals surface area contributed by atoms with E-state index >= 15 is 0 Å². The monoisotopic (exact) mass is 418 g/mol. The molecule has 0 aliphatic heterocycles. The van der Waals surface area contributed by atoms with Crippen LogP contribution in [0, 0.1) is 20.2 Å². The summed E-state index contributed by atoms with van der Waals surface area (Å²) in [6, 6.07) is 12.5. The van der Waals surface area contributed by atoms with Crippen LogP contribution in [0.15, 0.2) is 63.4 Å². The van der Waals surface area contributed by atoms with Gasteiger partial charge in [0.1, 0.15) is 16.8 Å². The van der Waals surface area contributed by atoms with E-state index in [1.54, 1.807) is 6.07 Å². The normalized spacial score (nSPS) is 11.2. The molecule has 3 aromatic carbocycles. The third-order valence-corrected chi connectivity index (χ3v) is 4.58. The molecule has 11 heteroatoms. The molecule has 0 saturated heterocycles. The molecule has 5 rings (SSSR count). The Morgan fingerprint density at radius 2 is 1.16 bits per heavy atom. The van der Waals surface area contributed by atoms with Gasteiger partial charge in [-0.15, -0.1) is 0 Å². The number of oxazole rings is 2. The average Bonchev–Trinajstić information content (AvgIpc) is 3.36. The first-order valence-electron chi connectivity index (χ1n) is 8.82. The van der Waals surface area contributed by atoms with Gasteiger partial charge in [-0.05, 0) is 30.3 Å². The standard InChI is InChI=1S/C20H10N4O7/c25-14-6-10(19-21-15-8-12(23(26)27)1-3-17(15)30-19)5-11(7-14)20-22-16-9-13(24(28)29)2-4-18(16)31-20/h1-9,25H. The van der Waals surface area contributed by atoms with Crippen molar-refractivity contribution in [1.82, 2.24) is 9.97 Å². The molecular weight excluding hydrogens is 408 g/mol. The highest BCUT2D eigenvalue weighted by Gasteiger charge is 2.17. The van der Waals surface area contributed by atoms with Gasteiger partial charge in [-0.3, -0.25) is 20.2 Å². The van der Waals surface area contributed by atoms with E-state index in [0.29, 0.717) is 33.3 Å². The smallest absolute Gasteiger partial charge is 0.271 e. The molecule has 0 amide bonds. The van der Waals surface area contributed by atoms with E-state index in [1.807, 2.05) is 0 Å². The lowest BCUT2D eigenvalue weighted by Gasteiger charge is -2.01. The van der Waals surface area contributed by atoms with E-state index in [2.05, 4.69) is 9.97 Å². The summed E-state index contributed by atoms with van der Waals surface area (Å²) >= 11 is 0. The molecule has 152 valence electrons. The van der Waals surface area contributed by atoms with E-state index in [-0.39, 0.29) is 28.9 Å². The van der Waals surface area contributed by atoms with Crippen LogP contribution in [0.2, 0.25) is 0 Å². The Bertz CT molecular complexity index is 1410. The predicted octanol–water partition coefficient (Wildman–Crippen LogP) is 4.83. The molecule has 0 fully saturated rings. The van der Waals surface area contributed by atoms with Gasteiger partial charge >= 0.3 is 0 Å². The number of hydrogen-bond donors (Lipinski definition) is 1. The van der Waals surface area contributed by atoms with E-state index < -0.39 is 9.85 Å². The van der Waals surface area contributed by atoms with Crippen molar-refractivity contribution < 1.29 is 23.8 Å². The van der Waals surface area contributed by atoms with Crippen molar-refractivity contribution in [2.75, 3.05) is 0 Å². The van der Waals surface area contributed by atoms with Crippen LogP contribution in [-0.2, 0) is 0 Å². The molecule has 0 aliphatic rings. The molecule has 2 heterocycles. The first-order valence-corrected chi connectivity index (χ1v) is 8.82. The van der Waals surface area contributed by atoms with Crippen LogP contribution in [0.5, 0.6) is 5.75 Å². The largest absolute Gasteiger partial charge is 0.508 e. The maximum absolute atomic E-state index is 11.0. The Balaban J connectivity index is 1.59. The van der Waals surface area contributed by atoms with Gasteiger partial charge < -0.3 is 13.9 Å². The van der Waals surface area contributed by atoms with Crippen LogP contribution >= 0.6 is 0 Å². The zero-order chi connectivity index (χ0) is 21.7. The zero-order valence-electron chi connectivity index (χ0n) is 15.4. The summed E-state index contributed by atoms with van der Waals surface area (Å²) in [4.78, 5) is 29.4. The van der Waals surface area contributed by atoms with Crippen molar-refractivity contribution in [3.8, 4) is 28.7 Å². The van der Waals surface area contributed by atoms with Gasteiger partial charge in [0.2, 0.25) is 11.8 Å². The highest BCUT2D eigenvalue weighted by molar-refractivity contribution is 5.81. The molecule has 0 unspecified atom stereocenters. The molecule has 5 aromatic rings. The Labute approximate surface area is 171 Å². The van der Waals surface area contributed by atoms with E-state index in [1.165, 1.54) is 48.5 Å². The Hall–Kier alpha value is -4.80. The maximum Gasteiger partial charge on any atom is 0.271 e. The van der Waals surface area contributed by atoms with Crippen molar-refractivity contribution in [2.45, 2.75) is 0 Å². The summed E-state index contributed by atoms with van der Waals surface area (Å²) in [5, 5.41) is 32.1. The van der Waals surface area contributed by atoms with E-state index in [0.717, 1.165) is 0 Å². The fraction of sp³-hybridized carbons (Fsp3) is 0. The van der Waals surface area contributed by atoms with Crippen molar-refractivity contribution in [3.05, 3.63) is 74.8 Å². The fourth-order valence-corrected chi connectivity index (χ4v) is 3.16. The average molecular weight is 418 g/mol. The number of aromatic nitrogens is 2. The lowest BCUT2D eigenvalue weighted by Crippen LogP contribution is -1.86. The van der Waals surface area contributed by atoms with Crippen molar-refractivity contribution in [2.24, 2.45) is 0 Å². The van der Waals surface area contributed by atoms with E-state index in [9.17, 15) is 25.3 Å². The second-order valence-corrected chi connectivity index (χ2v) is 6.62. The van der Waals surface area contributed by atoms with Crippen molar-refractivity contribution in [3.63, 3.8) is 0 Å². The van der Waals surface area contributed by atoms with Gasteiger partial charge in [-0.25, -0.2) is 9.97 Å². The summed E-state index contributed by atoms with van der Waals surface area (Å²) in [6.07, 6.45) is 0. The van der Waals surface area contributed by atoms with Crippen LogP contribution in [0.25, 0.3) is 45.1 Å². The highest BCUT2D eigenvalue weighted by Crippen LogP contribution is 2.34. The summed E-state index contributed by atoms with van der Waals surface area (Å²) in [5.41, 5.74) is 1.82. The minimum absolute atomic E-state index is 0.117. The number of phenolic OH excluding ortho intramolecular Hbond substituents is 1. The van der Waals surface area contributed by atoms with Gasteiger partial charge in [0.15, 0.2) is 11.2 Å². The Kier molecular flexibility index (Phi) is 3.90. The lowest BCUT2D eigenvalue weighted by molar-refractivity contribution is -0.384. The summed E-state index contributed by atoms with van der Waals surface area (Å²) in [5.74, 6) is 0.160. The molecule has 0 aliphatic carbocycles. The van der Waals surface area contributed by atoms with Crippen LogP contribution in [0.1, 0.15) is 0 Å². The van der Waals surface area contributed by atoms with Crippen molar-refractivity contribution >= 4 is 33.6 Å². The Morgan fingerprint density at radius 1 is 0.710 bits per heavy atom. The number of benzene rings is 3.